The Morgan fingerprint density at radius 3 is 2.82 bits per heavy atom. The van der Waals surface area contributed by atoms with Crippen molar-refractivity contribution in [3.05, 3.63) is 12.2 Å². The highest BCUT2D eigenvalue weighted by Gasteiger charge is 2.15. The zero-order chi connectivity index (χ0) is 16.4. The van der Waals surface area contributed by atoms with Crippen LogP contribution in [0.25, 0.3) is 0 Å². The molecule has 126 valence electrons. The maximum absolute atomic E-state index is 11.5. The summed E-state index contributed by atoms with van der Waals surface area (Å²) in [6, 6.07) is 0.156. The van der Waals surface area contributed by atoms with E-state index in [4.69, 9.17) is 9.47 Å². The molecule has 0 saturated heterocycles. The first-order valence-electron chi connectivity index (χ1n) is 7.35. The number of hydrogen-bond donors (Lipinski definition) is 2. The van der Waals surface area contributed by atoms with Crippen LogP contribution in [0.3, 0.4) is 0 Å². The summed E-state index contributed by atoms with van der Waals surface area (Å²) in [6.45, 7) is 7.16. The molecule has 0 aliphatic carbocycles. The van der Waals surface area contributed by atoms with Crippen LogP contribution in [-0.2, 0) is 16.0 Å². The number of amides is 1. The third-order valence-electron chi connectivity index (χ3n) is 2.72. The number of rotatable bonds is 9. The van der Waals surface area contributed by atoms with Gasteiger partial charge in [0.15, 0.2) is 5.82 Å². The zero-order valence-corrected chi connectivity index (χ0v) is 13.7. The summed E-state index contributed by atoms with van der Waals surface area (Å²) in [5, 5.41) is 9.77. The zero-order valence-electron chi connectivity index (χ0n) is 13.7. The lowest BCUT2D eigenvalue weighted by Crippen LogP contribution is -2.35. The van der Waals surface area contributed by atoms with Crippen molar-refractivity contribution in [1.82, 2.24) is 20.8 Å². The average molecular weight is 314 g/mol. The summed E-state index contributed by atoms with van der Waals surface area (Å²) in [6.07, 6.45) is 2.57. The molecule has 0 aromatic carbocycles. The topological polar surface area (TPSA) is 98.5 Å². The molecule has 0 spiro atoms. The van der Waals surface area contributed by atoms with E-state index in [0.29, 0.717) is 25.5 Å². The van der Waals surface area contributed by atoms with Gasteiger partial charge in [-0.15, -0.1) is 0 Å². The third kappa shape index (κ3) is 8.58. The maximum Gasteiger partial charge on any atom is 0.407 e. The minimum absolute atomic E-state index is 0.156. The van der Waals surface area contributed by atoms with Crippen LogP contribution in [0.1, 0.15) is 39.4 Å². The van der Waals surface area contributed by atoms with Crippen molar-refractivity contribution < 1.29 is 18.8 Å². The van der Waals surface area contributed by atoms with Crippen LogP contribution < -0.4 is 10.6 Å². The van der Waals surface area contributed by atoms with Gasteiger partial charge in [-0.25, -0.2) is 4.79 Å². The number of carbonyl (C=O) groups excluding carboxylic acids is 1. The Hall–Kier alpha value is -1.67. The summed E-state index contributed by atoms with van der Waals surface area (Å²) < 4.78 is 15.0. The summed E-state index contributed by atoms with van der Waals surface area (Å²) in [7, 11) is 1.65. The SMILES string of the molecule is COCC(CCCNC(=O)OC(C)(C)C)NCc1ncon1. The van der Waals surface area contributed by atoms with E-state index >= 15 is 0 Å². The van der Waals surface area contributed by atoms with Crippen molar-refractivity contribution in [3.63, 3.8) is 0 Å². The van der Waals surface area contributed by atoms with Crippen LogP contribution in [0.4, 0.5) is 4.79 Å². The average Bonchev–Trinajstić information content (AvgIpc) is 2.92. The normalized spacial score (nSPS) is 12.9. The highest BCUT2D eigenvalue weighted by atomic mass is 16.6. The number of hydrogen-bond acceptors (Lipinski definition) is 7. The minimum Gasteiger partial charge on any atom is -0.444 e. The Morgan fingerprint density at radius 1 is 1.45 bits per heavy atom. The molecule has 1 rings (SSSR count). The molecule has 1 amide bonds. The van der Waals surface area contributed by atoms with Gasteiger partial charge in [0, 0.05) is 19.7 Å². The van der Waals surface area contributed by atoms with E-state index in [1.165, 1.54) is 6.39 Å². The van der Waals surface area contributed by atoms with Crippen molar-refractivity contribution in [3.8, 4) is 0 Å². The molecule has 22 heavy (non-hydrogen) atoms. The third-order valence-corrected chi connectivity index (χ3v) is 2.72. The molecule has 1 aromatic heterocycles. The smallest absolute Gasteiger partial charge is 0.407 e. The van der Waals surface area contributed by atoms with E-state index < -0.39 is 11.7 Å². The number of nitrogens with one attached hydrogen (secondary N) is 2. The molecule has 0 fully saturated rings. The van der Waals surface area contributed by atoms with Crippen molar-refractivity contribution in [2.45, 2.75) is 51.8 Å². The van der Waals surface area contributed by atoms with E-state index in [2.05, 4.69) is 25.3 Å². The first-order valence-corrected chi connectivity index (χ1v) is 7.35. The number of nitrogens with zero attached hydrogens (tertiary/aromatic N) is 2. The number of carbonyl (C=O) groups is 1. The van der Waals surface area contributed by atoms with E-state index in [9.17, 15) is 4.79 Å². The van der Waals surface area contributed by atoms with Crippen LogP contribution in [0.2, 0.25) is 0 Å². The molecule has 0 saturated carbocycles. The van der Waals surface area contributed by atoms with Crippen molar-refractivity contribution in [2.75, 3.05) is 20.3 Å². The van der Waals surface area contributed by atoms with E-state index in [1.54, 1.807) is 7.11 Å². The van der Waals surface area contributed by atoms with Gasteiger partial charge in [0.2, 0.25) is 6.39 Å². The van der Waals surface area contributed by atoms with Gasteiger partial charge in [0.25, 0.3) is 0 Å². The fourth-order valence-corrected chi connectivity index (χ4v) is 1.80. The molecule has 1 unspecified atom stereocenters. The highest BCUT2D eigenvalue weighted by molar-refractivity contribution is 5.67. The Labute approximate surface area is 130 Å². The number of aromatic nitrogens is 2. The van der Waals surface area contributed by atoms with E-state index in [1.807, 2.05) is 20.8 Å². The van der Waals surface area contributed by atoms with Gasteiger partial charge in [0.05, 0.1) is 13.2 Å². The van der Waals surface area contributed by atoms with Crippen molar-refractivity contribution in [2.24, 2.45) is 0 Å². The summed E-state index contributed by atoms with van der Waals surface area (Å²) in [4.78, 5) is 15.5. The second kappa shape index (κ2) is 9.37. The number of ether oxygens (including phenoxy) is 2. The van der Waals surface area contributed by atoms with Crippen LogP contribution in [0, 0.1) is 0 Å². The summed E-state index contributed by atoms with van der Waals surface area (Å²) >= 11 is 0. The Balaban J connectivity index is 2.19. The van der Waals surface area contributed by atoms with Gasteiger partial charge >= 0.3 is 6.09 Å². The summed E-state index contributed by atoms with van der Waals surface area (Å²) in [5.41, 5.74) is -0.477. The Bertz CT molecular complexity index is 417. The van der Waals surface area contributed by atoms with E-state index in [-0.39, 0.29) is 6.04 Å². The van der Waals surface area contributed by atoms with Crippen LogP contribution in [-0.4, -0.2) is 48.1 Å². The molecule has 2 N–H and O–H groups in total. The van der Waals surface area contributed by atoms with Gasteiger partial charge < -0.3 is 24.6 Å². The molecule has 8 heteroatoms. The quantitative estimate of drug-likeness (QED) is 0.666. The fourth-order valence-electron chi connectivity index (χ4n) is 1.80. The molecular formula is C14H26N4O4. The Morgan fingerprint density at radius 2 is 2.23 bits per heavy atom. The van der Waals surface area contributed by atoms with Gasteiger partial charge in [-0.1, -0.05) is 5.16 Å². The lowest BCUT2D eigenvalue weighted by atomic mass is 10.1. The molecule has 1 heterocycles. The van der Waals surface area contributed by atoms with Gasteiger partial charge in [0.1, 0.15) is 5.60 Å². The Kier molecular flexibility index (Phi) is 7.83. The molecule has 0 aliphatic rings. The first-order chi connectivity index (χ1) is 10.4. The second-order valence-corrected chi connectivity index (χ2v) is 5.95. The lowest BCUT2D eigenvalue weighted by Gasteiger charge is -2.20. The standard InChI is InChI=1S/C14H26N4O4/c1-14(2,3)22-13(19)15-7-5-6-11(9-20-4)16-8-12-17-10-21-18-12/h10-11,16H,5-9H2,1-4H3,(H,15,19). The van der Waals surface area contributed by atoms with Crippen LogP contribution in [0.5, 0.6) is 0 Å². The van der Waals surface area contributed by atoms with E-state index in [0.717, 1.165) is 12.8 Å². The molecule has 0 radical (unpaired) electrons. The predicted molar refractivity (Wildman–Crippen MR) is 80.3 cm³/mol. The summed E-state index contributed by atoms with van der Waals surface area (Å²) in [5.74, 6) is 0.605. The maximum atomic E-state index is 11.5. The molecule has 1 atom stereocenters. The molecular weight excluding hydrogens is 288 g/mol. The fraction of sp³-hybridized carbons (Fsp3) is 0.786. The molecule has 1 aromatic rings. The number of methoxy groups -OCH3 is 1. The van der Waals surface area contributed by atoms with Crippen LogP contribution in [0.15, 0.2) is 10.9 Å². The first kappa shape index (κ1) is 18.4. The van der Waals surface area contributed by atoms with Gasteiger partial charge in [-0.05, 0) is 33.6 Å². The highest BCUT2D eigenvalue weighted by Crippen LogP contribution is 2.06. The lowest BCUT2D eigenvalue weighted by molar-refractivity contribution is 0.0526. The molecule has 8 nitrogen and oxygen atoms in total. The van der Waals surface area contributed by atoms with Gasteiger partial charge in [-0.2, -0.15) is 4.98 Å². The van der Waals surface area contributed by atoms with Crippen molar-refractivity contribution in [1.29, 1.82) is 0 Å². The molecule has 0 aliphatic heterocycles. The predicted octanol–water partition coefficient (Wildman–Crippen LogP) is 1.48. The minimum atomic E-state index is -0.477. The van der Waals surface area contributed by atoms with Crippen molar-refractivity contribution >= 4 is 6.09 Å². The monoisotopic (exact) mass is 314 g/mol. The van der Waals surface area contributed by atoms with Gasteiger partial charge in [-0.3, -0.25) is 0 Å². The number of alkyl carbamates (subject to hydrolysis) is 1. The van der Waals surface area contributed by atoms with Crippen LogP contribution >= 0.6 is 0 Å². The second-order valence-electron chi connectivity index (χ2n) is 5.95. The molecule has 0 bridgehead atoms. The largest absolute Gasteiger partial charge is 0.444 e.